The van der Waals surface area contributed by atoms with Crippen molar-refractivity contribution >= 4 is 23.5 Å². The number of anilines is 1. The molecule has 2 amide bonds. The number of unbranched alkanes of at least 4 members (excludes halogenated alkanes) is 2. The van der Waals surface area contributed by atoms with Gasteiger partial charge >= 0.3 is 5.97 Å². The number of aliphatic hydroxyl groups is 1. The maximum absolute atomic E-state index is 12.6. The van der Waals surface area contributed by atoms with E-state index in [0.717, 1.165) is 37.7 Å². The molecule has 0 heterocycles. The number of likely N-dealkylation sites (N-methyl/N-ethyl adjacent to an activating group) is 1. The molecule has 8 nitrogen and oxygen atoms in total. The second-order valence-corrected chi connectivity index (χ2v) is 10.0. The van der Waals surface area contributed by atoms with Gasteiger partial charge in [-0.25, -0.2) is 0 Å². The first-order chi connectivity index (χ1) is 17.8. The Morgan fingerprint density at radius 1 is 1.11 bits per heavy atom. The van der Waals surface area contributed by atoms with Crippen LogP contribution in [-0.2, 0) is 25.5 Å². The monoisotopic (exact) mass is 516 g/mol. The number of hydrogen-bond donors (Lipinski definition) is 3. The zero-order chi connectivity index (χ0) is 27.0. The molecule has 0 spiro atoms. The van der Waals surface area contributed by atoms with E-state index in [1.165, 1.54) is 24.2 Å². The van der Waals surface area contributed by atoms with Crippen molar-refractivity contribution in [1.29, 1.82) is 0 Å². The molecule has 0 bridgehead atoms. The van der Waals surface area contributed by atoms with E-state index < -0.39 is 12.1 Å². The lowest BCUT2D eigenvalue weighted by Crippen LogP contribution is -2.36. The molecule has 3 N–H and O–H groups in total. The lowest BCUT2D eigenvalue weighted by molar-refractivity contribution is -0.142. The van der Waals surface area contributed by atoms with Gasteiger partial charge in [-0.3, -0.25) is 14.4 Å². The number of rotatable bonds is 16. The molecule has 1 aromatic carbocycles. The number of amides is 2. The predicted molar refractivity (Wildman–Crippen MR) is 144 cm³/mol. The van der Waals surface area contributed by atoms with Gasteiger partial charge in [0, 0.05) is 39.2 Å². The highest BCUT2D eigenvalue weighted by molar-refractivity contribution is 5.92. The molecular formula is C29H44N2O6. The minimum atomic E-state index is -0.892. The van der Waals surface area contributed by atoms with Gasteiger partial charge in [0.25, 0.3) is 5.91 Å². The summed E-state index contributed by atoms with van der Waals surface area (Å²) in [6.45, 7) is 0.420. The van der Waals surface area contributed by atoms with E-state index in [2.05, 4.69) is 5.32 Å². The zero-order valence-corrected chi connectivity index (χ0v) is 22.4. The van der Waals surface area contributed by atoms with Crippen LogP contribution in [0.1, 0.15) is 76.2 Å². The van der Waals surface area contributed by atoms with Crippen molar-refractivity contribution < 1.29 is 29.3 Å². The number of ether oxygens (including phenoxy) is 1. The SMILES string of the molecule is CN(C)C(=O)C(CCC(=O)Nc1ccccc1CCC(=O)O)OCCCC/C=C/C(O)C1CCCCC1. The minimum absolute atomic E-state index is 0.0168. The molecule has 2 rings (SSSR count). The van der Waals surface area contributed by atoms with Gasteiger partial charge < -0.3 is 25.2 Å². The number of allylic oxidation sites excluding steroid dienone is 1. The third kappa shape index (κ3) is 11.9. The molecule has 1 fully saturated rings. The topological polar surface area (TPSA) is 116 Å². The molecule has 1 aliphatic rings. The number of nitrogens with zero attached hydrogens (tertiary/aromatic N) is 1. The molecule has 1 saturated carbocycles. The summed E-state index contributed by atoms with van der Waals surface area (Å²) in [6.07, 6.45) is 12.0. The highest BCUT2D eigenvalue weighted by atomic mass is 16.5. The molecule has 0 saturated heterocycles. The Morgan fingerprint density at radius 2 is 1.84 bits per heavy atom. The summed E-state index contributed by atoms with van der Waals surface area (Å²) in [6, 6.07) is 7.14. The van der Waals surface area contributed by atoms with Gasteiger partial charge in [-0.1, -0.05) is 49.6 Å². The number of carboxylic acids is 1. The second-order valence-electron chi connectivity index (χ2n) is 10.0. The first kappa shape index (κ1) is 30.5. The molecule has 37 heavy (non-hydrogen) atoms. The number of carbonyl (C=O) groups excluding carboxylic acids is 2. The van der Waals surface area contributed by atoms with Gasteiger partial charge in [0.15, 0.2) is 0 Å². The molecule has 8 heteroatoms. The number of hydrogen-bond acceptors (Lipinski definition) is 5. The van der Waals surface area contributed by atoms with Crippen LogP contribution in [0.3, 0.4) is 0 Å². The first-order valence-corrected chi connectivity index (χ1v) is 13.5. The van der Waals surface area contributed by atoms with Gasteiger partial charge in [0.2, 0.25) is 5.91 Å². The van der Waals surface area contributed by atoms with E-state index in [4.69, 9.17) is 9.84 Å². The Labute approximate surface area is 221 Å². The summed E-state index contributed by atoms with van der Waals surface area (Å²) < 4.78 is 5.87. The third-order valence-corrected chi connectivity index (χ3v) is 6.80. The Kier molecular flexibility index (Phi) is 14.0. The van der Waals surface area contributed by atoms with Crippen LogP contribution < -0.4 is 5.32 Å². The largest absolute Gasteiger partial charge is 0.481 e. The van der Waals surface area contributed by atoms with Crippen molar-refractivity contribution in [1.82, 2.24) is 4.90 Å². The van der Waals surface area contributed by atoms with Crippen LogP contribution in [0.5, 0.6) is 0 Å². The van der Waals surface area contributed by atoms with Crippen molar-refractivity contribution in [3.05, 3.63) is 42.0 Å². The van der Waals surface area contributed by atoms with Gasteiger partial charge in [-0.2, -0.15) is 0 Å². The molecule has 0 aromatic heterocycles. The average Bonchev–Trinajstić information content (AvgIpc) is 2.89. The average molecular weight is 517 g/mol. The molecule has 206 valence electrons. The Morgan fingerprint density at radius 3 is 2.54 bits per heavy atom. The lowest BCUT2D eigenvalue weighted by atomic mass is 9.85. The van der Waals surface area contributed by atoms with E-state index in [1.807, 2.05) is 12.2 Å². The Bertz CT molecular complexity index is 879. The van der Waals surface area contributed by atoms with Crippen LogP contribution >= 0.6 is 0 Å². The molecule has 2 atom stereocenters. The summed E-state index contributed by atoms with van der Waals surface area (Å²) in [5, 5.41) is 22.1. The number of carbonyl (C=O) groups is 3. The minimum Gasteiger partial charge on any atom is -0.481 e. The number of carboxylic acid groups (broad SMARTS) is 1. The van der Waals surface area contributed by atoms with Crippen molar-refractivity contribution in [3.63, 3.8) is 0 Å². The van der Waals surface area contributed by atoms with Crippen LogP contribution in [0.2, 0.25) is 0 Å². The molecule has 0 radical (unpaired) electrons. The van der Waals surface area contributed by atoms with Gasteiger partial charge in [-0.15, -0.1) is 0 Å². The summed E-state index contributed by atoms with van der Waals surface area (Å²) in [5.74, 6) is -0.923. The molecule has 2 unspecified atom stereocenters. The fourth-order valence-corrected chi connectivity index (χ4v) is 4.60. The number of benzene rings is 1. The Hall–Kier alpha value is -2.71. The van der Waals surface area contributed by atoms with E-state index in [1.54, 1.807) is 38.4 Å². The fraction of sp³-hybridized carbons (Fsp3) is 0.621. The summed E-state index contributed by atoms with van der Waals surface area (Å²) >= 11 is 0. The number of para-hydroxylation sites is 1. The van der Waals surface area contributed by atoms with Crippen molar-refractivity contribution in [2.75, 3.05) is 26.0 Å². The maximum atomic E-state index is 12.6. The summed E-state index contributed by atoms with van der Waals surface area (Å²) in [4.78, 5) is 37.5. The van der Waals surface area contributed by atoms with Crippen LogP contribution in [0.4, 0.5) is 5.69 Å². The highest BCUT2D eigenvalue weighted by Gasteiger charge is 2.22. The van der Waals surface area contributed by atoms with Crippen LogP contribution in [0, 0.1) is 5.92 Å². The van der Waals surface area contributed by atoms with E-state index >= 15 is 0 Å². The standard InChI is InChI=1S/C29H44N2O6/c1-31(2)29(36)26(37-21-11-4-3-8-16-25(32)23-13-6-5-7-14-23)18-19-27(33)30-24-15-10-9-12-22(24)17-20-28(34)35/h8-10,12,15-16,23,25-26,32H,3-7,11,13-14,17-21H2,1-2H3,(H,30,33)(H,34,35)/b16-8+. The Balaban J connectivity index is 1.74. The third-order valence-electron chi connectivity index (χ3n) is 6.80. The van der Waals surface area contributed by atoms with Crippen LogP contribution in [0.15, 0.2) is 36.4 Å². The number of aliphatic hydroxyl groups excluding tert-OH is 1. The summed E-state index contributed by atoms with van der Waals surface area (Å²) in [5.41, 5.74) is 1.35. The fourth-order valence-electron chi connectivity index (χ4n) is 4.60. The maximum Gasteiger partial charge on any atom is 0.303 e. The van der Waals surface area contributed by atoms with E-state index in [-0.39, 0.29) is 37.2 Å². The second kappa shape index (κ2) is 16.9. The molecular weight excluding hydrogens is 472 g/mol. The van der Waals surface area contributed by atoms with Crippen LogP contribution in [0.25, 0.3) is 0 Å². The number of aryl methyl sites for hydroxylation is 1. The summed E-state index contributed by atoms with van der Waals surface area (Å²) in [7, 11) is 3.33. The predicted octanol–water partition coefficient (Wildman–Crippen LogP) is 4.56. The first-order valence-electron chi connectivity index (χ1n) is 13.5. The van der Waals surface area contributed by atoms with Gasteiger partial charge in [0.05, 0.1) is 6.10 Å². The van der Waals surface area contributed by atoms with Gasteiger partial charge in [-0.05, 0) is 62.5 Å². The number of aliphatic carboxylic acids is 1. The van der Waals surface area contributed by atoms with Crippen molar-refractivity contribution in [3.8, 4) is 0 Å². The van der Waals surface area contributed by atoms with Crippen LogP contribution in [-0.4, -0.2) is 65.8 Å². The van der Waals surface area contributed by atoms with Crippen molar-refractivity contribution in [2.24, 2.45) is 5.92 Å². The highest BCUT2D eigenvalue weighted by Crippen LogP contribution is 2.27. The van der Waals surface area contributed by atoms with E-state index in [0.29, 0.717) is 24.6 Å². The number of nitrogens with one attached hydrogen (secondary N) is 1. The van der Waals surface area contributed by atoms with Gasteiger partial charge in [0.1, 0.15) is 6.10 Å². The molecule has 0 aliphatic heterocycles. The quantitative estimate of drug-likeness (QED) is 0.219. The van der Waals surface area contributed by atoms with E-state index in [9.17, 15) is 19.5 Å². The molecule has 1 aromatic rings. The smallest absolute Gasteiger partial charge is 0.303 e. The normalized spacial score (nSPS) is 15.9. The molecule has 1 aliphatic carbocycles. The zero-order valence-electron chi connectivity index (χ0n) is 22.4. The lowest BCUT2D eigenvalue weighted by Gasteiger charge is -2.24. The van der Waals surface area contributed by atoms with Crippen molar-refractivity contribution in [2.45, 2.75) is 89.3 Å².